The first-order chi connectivity index (χ1) is 8.65. The lowest BCUT2D eigenvalue weighted by molar-refractivity contribution is 0.222. The van der Waals surface area contributed by atoms with E-state index in [2.05, 4.69) is 5.32 Å². The second-order valence-corrected chi connectivity index (χ2v) is 4.99. The van der Waals surface area contributed by atoms with Crippen LogP contribution in [0.4, 0.5) is 10.5 Å². The van der Waals surface area contributed by atoms with Gasteiger partial charge in [0.25, 0.3) is 0 Å². The maximum absolute atomic E-state index is 11.9. The largest absolute Gasteiger partial charge is 0.393 e. The van der Waals surface area contributed by atoms with E-state index in [4.69, 9.17) is 18.0 Å². The Morgan fingerprint density at radius 1 is 1.28 bits per heavy atom. The van der Waals surface area contributed by atoms with Crippen LogP contribution in [0.5, 0.6) is 0 Å². The van der Waals surface area contributed by atoms with Crippen molar-refractivity contribution in [2.24, 2.45) is 5.73 Å². The number of hydrogen-bond donors (Lipinski definition) is 2. The Labute approximate surface area is 112 Å². The third-order valence-electron chi connectivity index (χ3n) is 2.98. The maximum Gasteiger partial charge on any atom is 0.321 e. The number of nitrogens with zero attached hydrogens (tertiary/aromatic N) is 1. The zero-order valence-corrected chi connectivity index (χ0v) is 11.0. The summed E-state index contributed by atoms with van der Waals surface area (Å²) in [6.07, 6.45) is 2.79. The highest BCUT2D eigenvalue weighted by Crippen LogP contribution is 2.13. The fourth-order valence-corrected chi connectivity index (χ4v) is 2.20. The van der Waals surface area contributed by atoms with Crippen molar-refractivity contribution in [1.29, 1.82) is 0 Å². The summed E-state index contributed by atoms with van der Waals surface area (Å²) in [5.41, 5.74) is 7.34. The minimum atomic E-state index is -0.0189. The van der Waals surface area contributed by atoms with Crippen molar-refractivity contribution in [1.82, 2.24) is 4.90 Å². The van der Waals surface area contributed by atoms with Crippen LogP contribution in [-0.2, 0) is 6.42 Å². The van der Waals surface area contributed by atoms with Crippen molar-refractivity contribution in [2.45, 2.75) is 19.3 Å². The first kappa shape index (κ1) is 12.8. The number of thiocarbonyl (C=S) groups is 1. The third-order valence-corrected chi connectivity index (χ3v) is 3.12. The maximum atomic E-state index is 11.9. The first-order valence-electron chi connectivity index (χ1n) is 6.08. The van der Waals surface area contributed by atoms with Crippen molar-refractivity contribution in [2.75, 3.05) is 18.4 Å². The minimum absolute atomic E-state index is 0.0189. The molecule has 96 valence electrons. The molecule has 1 aromatic carbocycles. The number of anilines is 1. The van der Waals surface area contributed by atoms with Crippen LogP contribution in [0.1, 0.15) is 18.4 Å². The third kappa shape index (κ3) is 3.43. The van der Waals surface area contributed by atoms with Gasteiger partial charge in [-0.15, -0.1) is 0 Å². The first-order valence-corrected chi connectivity index (χ1v) is 6.49. The Hall–Kier alpha value is -1.62. The van der Waals surface area contributed by atoms with E-state index in [1.54, 1.807) is 0 Å². The monoisotopic (exact) mass is 263 g/mol. The van der Waals surface area contributed by atoms with E-state index in [1.165, 1.54) is 0 Å². The van der Waals surface area contributed by atoms with Crippen LogP contribution in [0.2, 0.25) is 0 Å². The summed E-state index contributed by atoms with van der Waals surface area (Å²) in [5, 5.41) is 2.89. The van der Waals surface area contributed by atoms with Gasteiger partial charge in [0.2, 0.25) is 0 Å². The number of likely N-dealkylation sites (tertiary alicyclic amines) is 1. The van der Waals surface area contributed by atoms with Gasteiger partial charge in [0.1, 0.15) is 0 Å². The lowest BCUT2D eigenvalue weighted by atomic mass is 10.1. The lowest BCUT2D eigenvalue weighted by Crippen LogP contribution is -2.32. The highest BCUT2D eigenvalue weighted by molar-refractivity contribution is 7.80. The fourth-order valence-electron chi connectivity index (χ4n) is 2.03. The highest BCUT2D eigenvalue weighted by Gasteiger charge is 2.17. The molecule has 1 aliphatic rings. The molecule has 0 unspecified atom stereocenters. The van der Waals surface area contributed by atoms with Crippen molar-refractivity contribution in [3.63, 3.8) is 0 Å². The van der Waals surface area contributed by atoms with Gasteiger partial charge >= 0.3 is 6.03 Å². The second-order valence-electron chi connectivity index (χ2n) is 4.46. The molecule has 0 radical (unpaired) electrons. The van der Waals surface area contributed by atoms with E-state index in [0.29, 0.717) is 11.4 Å². The van der Waals surface area contributed by atoms with Gasteiger partial charge in [0.15, 0.2) is 0 Å². The van der Waals surface area contributed by atoms with Crippen molar-refractivity contribution in [3.8, 4) is 0 Å². The summed E-state index contributed by atoms with van der Waals surface area (Å²) in [7, 11) is 0. The number of carbonyl (C=O) groups excluding carboxylic acids is 1. The van der Waals surface area contributed by atoms with Crippen LogP contribution < -0.4 is 11.1 Å². The van der Waals surface area contributed by atoms with E-state index in [9.17, 15) is 4.79 Å². The molecular formula is C13H17N3OS. The number of rotatable bonds is 3. The Morgan fingerprint density at radius 2 is 1.89 bits per heavy atom. The van der Waals surface area contributed by atoms with E-state index < -0.39 is 0 Å². The van der Waals surface area contributed by atoms with Gasteiger partial charge in [0.05, 0.1) is 4.99 Å². The van der Waals surface area contributed by atoms with E-state index in [-0.39, 0.29) is 6.03 Å². The molecule has 1 fully saturated rings. The van der Waals surface area contributed by atoms with Gasteiger partial charge < -0.3 is 16.0 Å². The average Bonchev–Trinajstić information content (AvgIpc) is 2.84. The molecule has 2 rings (SSSR count). The van der Waals surface area contributed by atoms with E-state index in [1.807, 2.05) is 29.2 Å². The summed E-state index contributed by atoms with van der Waals surface area (Å²) in [4.78, 5) is 14.2. The van der Waals surface area contributed by atoms with Crippen molar-refractivity contribution >= 4 is 28.9 Å². The molecule has 1 aliphatic heterocycles. The van der Waals surface area contributed by atoms with Gasteiger partial charge in [0, 0.05) is 25.2 Å². The molecule has 2 amide bonds. The summed E-state index contributed by atoms with van der Waals surface area (Å²) in [6, 6.07) is 7.59. The number of nitrogens with two attached hydrogens (primary N) is 1. The minimum Gasteiger partial charge on any atom is -0.393 e. The van der Waals surface area contributed by atoms with Gasteiger partial charge in [-0.2, -0.15) is 0 Å². The SMILES string of the molecule is NC(=S)Cc1ccc(NC(=O)N2CCCC2)cc1. The number of hydrogen-bond acceptors (Lipinski definition) is 2. The molecule has 0 bridgehead atoms. The molecule has 18 heavy (non-hydrogen) atoms. The summed E-state index contributed by atoms with van der Waals surface area (Å²) >= 11 is 4.85. The summed E-state index contributed by atoms with van der Waals surface area (Å²) in [6.45, 7) is 1.71. The predicted octanol–water partition coefficient (Wildman–Crippen LogP) is 2.14. The molecule has 4 nitrogen and oxygen atoms in total. The van der Waals surface area contributed by atoms with Crippen LogP contribution in [0.25, 0.3) is 0 Å². The van der Waals surface area contributed by atoms with Gasteiger partial charge in [-0.05, 0) is 30.5 Å². The van der Waals surface area contributed by atoms with Gasteiger partial charge in [-0.3, -0.25) is 0 Å². The number of amides is 2. The molecule has 3 N–H and O–H groups in total. The molecule has 0 spiro atoms. The van der Waals surface area contributed by atoms with Crippen molar-refractivity contribution < 1.29 is 4.79 Å². The molecule has 1 aromatic rings. The molecule has 0 aromatic heterocycles. The second kappa shape index (κ2) is 5.82. The lowest BCUT2D eigenvalue weighted by Gasteiger charge is -2.16. The van der Waals surface area contributed by atoms with Gasteiger partial charge in [-0.1, -0.05) is 24.4 Å². The number of urea groups is 1. The molecule has 1 saturated heterocycles. The smallest absolute Gasteiger partial charge is 0.321 e. The molecule has 5 heteroatoms. The Balaban J connectivity index is 1.93. The topological polar surface area (TPSA) is 58.4 Å². The number of nitrogens with one attached hydrogen (secondary N) is 1. The van der Waals surface area contributed by atoms with Crippen LogP contribution in [0.3, 0.4) is 0 Å². The van der Waals surface area contributed by atoms with Gasteiger partial charge in [-0.25, -0.2) is 4.79 Å². The van der Waals surface area contributed by atoms with Crippen LogP contribution in [0.15, 0.2) is 24.3 Å². The Bertz CT molecular complexity index is 438. The molecule has 0 aliphatic carbocycles. The summed E-state index contributed by atoms with van der Waals surface area (Å²) in [5.74, 6) is 0. The number of carbonyl (C=O) groups is 1. The molecule has 1 heterocycles. The Morgan fingerprint density at radius 3 is 2.44 bits per heavy atom. The highest BCUT2D eigenvalue weighted by atomic mass is 32.1. The van der Waals surface area contributed by atoms with Crippen molar-refractivity contribution in [3.05, 3.63) is 29.8 Å². The molecular weight excluding hydrogens is 246 g/mol. The standard InChI is InChI=1S/C13H17N3OS/c14-12(18)9-10-3-5-11(6-4-10)15-13(17)16-7-1-2-8-16/h3-6H,1-2,7-9H2,(H2,14,18)(H,15,17). The van der Waals surface area contributed by atoms with E-state index in [0.717, 1.165) is 37.2 Å². The molecule has 0 atom stereocenters. The summed E-state index contributed by atoms with van der Waals surface area (Å²) < 4.78 is 0. The molecule has 0 saturated carbocycles. The zero-order chi connectivity index (χ0) is 13.0. The average molecular weight is 263 g/mol. The zero-order valence-electron chi connectivity index (χ0n) is 10.2. The van der Waals surface area contributed by atoms with Crippen LogP contribution in [0, 0.1) is 0 Å². The fraction of sp³-hybridized carbons (Fsp3) is 0.385. The number of benzene rings is 1. The van der Waals surface area contributed by atoms with Crippen LogP contribution >= 0.6 is 12.2 Å². The predicted molar refractivity (Wildman–Crippen MR) is 76.8 cm³/mol. The van der Waals surface area contributed by atoms with Crippen LogP contribution in [-0.4, -0.2) is 29.0 Å². The van der Waals surface area contributed by atoms with E-state index >= 15 is 0 Å². The normalized spacial score (nSPS) is 14.6. The quantitative estimate of drug-likeness (QED) is 0.821. The Kier molecular flexibility index (Phi) is 4.15.